The van der Waals surface area contributed by atoms with Gasteiger partial charge in [0.1, 0.15) is 0 Å². The smallest absolute Gasteiger partial charge is 0.253 e. The molecule has 1 aliphatic rings. The highest BCUT2D eigenvalue weighted by Crippen LogP contribution is 2.25. The van der Waals surface area contributed by atoms with E-state index in [1.807, 2.05) is 30.3 Å². The Morgan fingerprint density at radius 3 is 2.52 bits per heavy atom. The highest BCUT2D eigenvalue weighted by Gasteiger charge is 2.29. The minimum absolute atomic E-state index is 0.0628. The molecule has 1 aromatic heterocycles. The number of halogens is 2. The van der Waals surface area contributed by atoms with Crippen molar-refractivity contribution in [3.63, 3.8) is 0 Å². The lowest BCUT2D eigenvalue weighted by Gasteiger charge is -2.32. The van der Waals surface area contributed by atoms with Crippen molar-refractivity contribution in [2.45, 2.75) is 19.4 Å². The lowest BCUT2D eigenvalue weighted by atomic mass is 9.96. The number of carbonyl (C=O) groups excluding carboxylic acids is 2. The second-order valence-electron chi connectivity index (χ2n) is 8.07. The summed E-state index contributed by atoms with van der Waals surface area (Å²) in [5.41, 5.74) is 2.03. The van der Waals surface area contributed by atoms with Gasteiger partial charge in [0.15, 0.2) is 0 Å². The number of anilines is 1. The van der Waals surface area contributed by atoms with Crippen LogP contribution in [0.4, 0.5) is 5.69 Å². The molecule has 1 fully saturated rings. The maximum atomic E-state index is 12.9. The molecule has 1 unspecified atom stereocenters. The highest BCUT2D eigenvalue weighted by atomic mass is 35.5. The van der Waals surface area contributed by atoms with E-state index in [1.165, 1.54) is 6.07 Å². The van der Waals surface area contributed by atoms with Gasteiger partial charge in [-0.25, -0.2) is 0 Å². The Bertz CT molecular complexity index is 1220. The number of amides is 2. The molecule has 170 valence electrons. The maximum Gasteiger partial charge on any atom is 0.253 e. The number of hydrogen-bond acceptors (Lipinski definition) is 3. The molecule has 0 spiro atoms. The zero-order chi connectivity index (χ0) is 23.4. The summed E-state index contributed by atoms with van der Waals surface area (Å²) in [6.45, 7) is 1.40. The van der Waals surface area contributed by atoms with Crippen LogP contribution in [-0.2, 0) is 11.3 Å². The topological polar surface area (TPSA) is 71.4 Å². The Kier molecular flexibility index (Phi) is 7.16. The van der Waals surface area contributed by atoms with Gasteiger partial charge in [0.2, 0.25) is 5.91 Å². The van der Waals surface area contributed by atoms with Crippen LogP contribution in [0, 0.1) is 5.92 Å². The first-order valence-electron chi connectivity index (χ1n) is 10.7. The van der Waals surface area contributed by atoms with E-state index in [2.05, 4.69) is 5.32 Å². The summed E-state index contributed by atoms with van der Waals surface area (Å²) in [5, 5.41) is 3.67. The van der Waals surface area contributed by atoms with Crippen molar-refractivity contribution in [2.24, 2.45) is 5.92 Å². The molecule has 1 N–H and O–H groups in total. The standard InChI is InChI=1S/C25H23Cl2N3O3/c26-21-11-8-18(14-22(21)27)25(33)30-13-3-4-19(16-30)24(32)28-20-9-6-17(7-10-20)15-29-12-2-1-5-23(29)31/h1-2,5-12,14,19H,3-4,13,15-16H2,(H,28,32). The maximum absolute atomic E-state index is 12.9. The number of aromatic nitrogens is 1. The lowest BCUT2D eigenvalue weighted by molar-refractivity contribution is -0.121. The van der Waals surface area contributed by atoms with Gasteiger partial charge in [0.25, 0.3) is 11.5 Å². The average Bonchev–Trinajstić information content (AvgIpc) is 2.83. The molecular weight excluding hydrogens is 461 g/mol. The van der Waals surface area contributed by atoms with Gasteiger partial charge in [-0.2, -0.15) is 0 Å². The summed E-state index contributed by atoms with van der Waals surface area (Å²) in [6, 6.07) is 17.3. The van der Waals surface area contributed by atoms with Crippen molar-refractivity contribution >= 4 is 40.7 Å². The van der Waals surface area contributed by atoms with Crippen LogP contribution < -0.4 is 10.9 Å². The molecule has 0 saturated carbocycles. The van der Waals surface area contributed by atoms with Gasteiger partial charge in [0.05, 0.1) is 22.5 Å². The van der Waals surface area contributed by atoms with E-state index in [-0.39, 0.29) is 23.3 Å². The SMILES string of the molecule is O=C(Nc1ccc(Cn2ccccc2=O)cc1)C1CCCN(C(=O)c2ccc(Cl)c(Cl)c2)C1. The average molecular weight is 484 g/mol. The fourth-order valence-electron chi connectivity index (χ4n) is 3.91. The largest absolute Gasteiger partial charge is 0.338 e. The normalized spacial score (nSPS) is 15.8. The van der Waals surface area contributed by atoms with Crippen LogP contribution in [0.1, 0.15) is 28.8 Å². The predicted octanol–water partition coefficient (Wildman–Crippen LogP) is 4.69. The van der Waals surface area contributed by atoms with E-state index in [4.69, 9.17) is 23.2 Å². The van der Waals surface area contributed by atoms with Crippen molar-refractivity contribution in [3.8, 4) is 0 Å². The molecule has 6 nitrogen and oxygen atoms in total. The number of nitrogens with one attached hydrogen (secondary N) is 1. The third-order valence-electron chi connectivity index (χ3n) is 5.72. The summed E-state index contributed by atoms with van der Waals surface area (Å²) in [5.74, 6) is -0.576. The van der Waals surface area contributed by atoms with Gasteiger partial charge in [-0.3, -0.25) is 14.4 Å². The number of benzene rings is 2. The summed E-state index contributed by atoms with van der Waals surface area (Å²) in [4.78, 5) is 39.3. The van der Waals surface area contributed by atoms with Gasteiger partial charge in [-0.1, -0.05) is 41.4 Å². The Morgan fingerprint density at radius 1 is 1.00 bits per heavy atom. The third-order valence-corrected chi connectivity index (χ3v) is 6.46. The number of nitrogens with zero attached hydrogens (tertiary/aromatic N) is 2. The Morgan fingerprint density at radius 2 is 1.79 bits per heavy atom. The zero-order valence-electron chi connectivity index (χ0n) is 17.8. The van der Waals surface area contributed by atoms with E-state index >= 15 is 0 Å². The number of carbonyl (C=O) groups is 2. The summed E-state index contributed by atoms with van der Waals surface area (Å²) in [6.07, 6.45) is 3.20. The summed E-state index contributed by atoms with van der Waals surface area (Å²) < 4.78 is 1.62. The molecule has 8 heteroatoms. The van der Waals surface area contributed by atoms with Gasteiger partial charge < -0.3 is 14.8 Å². The van der Waals surface area contributed by atoms with Crippen LogP contribution in [0.5, 0.6) is 0 Å². The summed E-state index contributed by atoms with van der Waals surface area (Å²) in [7, 11) is 0. The molecule has 0 radical (unpaired) electrons. The van der Waals surface area contributed by atoms with Crippen LogP contribution in [0.2, 0.25) is 10.0 Å². The molecule has 4 rings (SSSR count). The fourth-order valence-corrected chi connectivity index (χ4v) is 4.21. The first-order valence-corrected chi connectivity index (χ1v) is 11.5. The Labute approximate surface area is 201 Å². The Hall–Kier alpha value is -3.09. The number of hydrogen-bond donors (Lipinski definition) is 1. The van der Waals surface area contributed by atoms with Crippen molar-refractivity contribution in [3.05, 3.63) is 98.4 Å². The molecule has 0 aliphatic carbocycles. The predicted molar refractivity (Wildman–Crippen MR) is 130 cm³/mol. The molecule has 33 heavy (non-hydrogen) atoms. The minimum Gasteiger partial charge on any atom is -0.338 e. The van der Waals surface area contributed by atoms with Crippen LogP contribution in [0.3, 0.4) is 0 Å². The molecule has 1 saturated heterocycles. The number of piperidine rings is 1. The monoisotopic (exact) mass is 483 g/mol. The van der Waals surface area contributed by atoms with Crippen LogP contribution in [0.25, 0.3) is 0 Å². The van der Waals surface area contributed by atoms with E-state index < -0.39 is 0 Å². The van der Waals surface area contributed by atoms with Crippen molar-refractivity contribution in [1.82, 2.24) is 9.47 Å². The molecule has 3 aromatic rings. The van der Waals surface area contributed by atoms with Gasteiger partial charge >= 0.3 is 0 Å². The molecule has 1 aliphatic heterocycles. The van der Waals surface area contributed by atoms with Gasteiger partial charge in [-0.15, -0.1) is 0 Å². The molecule has 2 aromatic carbocycles. The molecule has 1 atom stereocenters. The Balaban J connectivity index is 1.37. The molecule has 0 bridgehead atoms. The first kappa shape index (κ1) is 23.1. The van der Waals surface area contributed by atoms with Crippen molar-refractivity contribution in [2.75, 3.05) is 18.4 Å². The van der Waals surface area contributed by atoms with E-state index in [9.17, 15) is 14.4 Å². The number of likely N-dealkylation sites (tertiary alicyclic amines) is 1. The molecule has 2 amide bonds. The van der Waals surface area contributed by atoms with E-state index in [0.29, 0.717) is 47.4 Å². The molecular formula is C25H23Cl2N3O3. The third kappa shape index (κ3) is 5.64. The minimum atomic E-state index is -0.298. The highest BCUT2D eigenvalue weighted by molar-refractivity contribution is 6.42. The van der Waals surface area contributed by atoms with E-state index in [0.717, 1.165) is 12.0 Å². The second-order valence-corrected chi connectivity index (χ2v) is 8.89. The van der Waals surface area contributed by atoms with Crippen molar-refractivity contribution in [1.29, 1.82) is 0 Å². The van der Waals surface area contributed by atoms with Crippen LogP contribution in [-0.4, -0.2) is 34.4 Å². The lowest BCUT2D eigenvalue weighted by Crippen LogP contribution is -2.43. The van der Waals surface area contributed by atoms with Gasteiger partial charge in [-0.05, 0) is 54.8 Å². The van der Waals surface area contributed by atoms with Crippen LogP contribution >= 0.6 is 23.2 Å². The molecule has 2 heterocycles. The zero-order valence-corrected chi connectivity index (χ0v) is 19.4. The number of pyridine rings is 1. The first-order chi connectivity index (χ1) is 15.9. The van der Waals surface area contributed by atoms with Gasteiger partial charge in [0, 0.05) is 36.6 Å². The second kappa shape index (κ2) is 10.2. The summed E-state index contributed by atoms with van der Waals surface area (Å²) >= 11 is 12.0. The van der Waals surface area contributed by atoms with Crippen LogP contribution in [0.15, 0.2) is 71.7 Å². The fraction of sp³-hybridized carbons (Fsp3) is 0.240. The quantitative estimate of drug-likeness (QED) is 0.571. The van der Waals surface area contributed by atoms with E-state index in [1.54, 1.807) is 39.9 Å². The number of rotatable bonds is 5. The van der Waals surface area contributed by atoms with Crippen molar-refractivity contribution < 1.29 is 9.59 Å².